The van der Waals surface area contributed by atoms with Gasteiger partial charge in [-0.05, 0) is 35.4 Å². The maximum Gasteiger partial charge on any atom is 0.238 e. The summed E-state index contributed by atoms with van der Waals surface area (Å²) in [5, 5.41) is 8.33. The summed E-state index contributed by atoms with van der Waals surface area (Å²) in [5.74, 6) is 0.954. The number of primary sulfonamides is 1. The molecule has 0 unspecified atom stereocenters. The Balaban J connectivity index is 1.73. The van der Waals surface area contributed by atoms with Gasteiger partial charge in [-0.2, -0.15) is 0 Å². The standard InChI is InChI=1S/C15H16N2O3S/c16-21(18,19)14-3-1-2-13(9-14)17-10-11-4-5-15-12(8-11)6-7-20-15/h1-5,8-9,17H,6-7,10H2,(H2,16,18,19). The highest BCUT2D eigenvalue weighted by Gasteiger charge is 2.12. The largest absolute Gasteiger partial charge is 0.493 e. The average molecular weight is 304 g/mol. The lowest BCUT2D eigenvalue weighted by molar-refractivity contribution is 0.357. The van der Waals surface area contributed by atoms with Gasteiger partial charge in [0.2, 0.25) is 10.0 Å². The van der Waals surface area contributed by atoms with Gasteiger partial charge in [-0.25, -0.2) is 13.6 Å². The maximum atomic E-state index is 11.3. The minimum Gasteiger partial charge on any atom is -0.493 e. The van der Waals surface area contributed by atoms with Gasteiger partial charge in [-0.3, -0.25) is 0 Å². The van der Waals surface area contributed by atoms with Gasteiger partial charge < -0.3 is 10.1 Å². The molecule has 0 saturated heterocycles. The van der Waals surface area contributed by atoms with E-state index in [1.54, 1.807) is 6.07 Å². The highest BCUT2D eigenvalue weighted by atomic mass is 32.2. The van der Waals surface area contributed by atoms with Crippen molar-refractivity contribution in [1.82, 2.24) is 0 Å². The van der Waals surface area contributed by atoms with E-state index in [0.29, 0.717) is 6.54 Å². The fraction of sp³-hybridized carbons (Fsp3) is 0.200. The third-order valence-electron chi connectivity index (χ3n) is 3.41. The summed E-state index contributed by atoms with van der Waals surface area (Å²) in [5.41, 5.74) is 3.06. The van der Waals surface area contributed by atoms with Crippen molar-refractivity contribution in [1.29, 1.82) is 0 Å². The lowest BCUT2D eigenvalue weighted by Crippen LogP contribution is -2.12. The van der Waals surface area contributed by atoms with Gasteiger partial charge in [0.25, 0.3) is 0 Å². The van der Waals surface area contributed by atoms with Gasteiger partial charge in [0.05, 0.1) is 11.5 Å². The normalized spacial score (nSPS) is 13.6. The molecule has 3 rings (SSSR count). The van der Waals surface area contributed by atoms with Gasteiger partial charge in [0.15, 0.2) is 0 Å². The number of sulfonamides is 1. The molecule has 0 bridgehead atoms. The van der Waals surface area contributed by atoms with Crippen LogP contribution in [0, 0.1) is 0 Å². The fourth-order valence-electron chi connectivity index (χ4n) is 2.34. The van der Waals surface area contributed by atoms with Crippen molar-refractivity contribution < 1.29 is 13.2 Å². The van der Waals surface area contributed by atoms with Crippen LogP contribution in [0.1, 0.15) is 11.1 Å². The first-order valence-electron chi connectivity index (χ1n) is 6.64. The fourth-order valence-corrected chi connectivity index (χ4v) is 2.90. The summed E-state index contributed by atoms with van der Waals surface area (Å²) < 4.78 is 28.1. The zero-order chi connectivity index (χ0) is 14.9. The van der Waals surface area contributed by atoms with Crippen LogP contribution < -0.4 is 15.2 Å². The zero-order valence-corrected chi connectivity index (χ0v) is 12.2. The van der Waals surface area contributed by atoms with Crippen molar-refractivity contribution in [3.05, 3.63) is 53.6 Å². The number of nitrogens with two attached hydrogens (primary N) is 1. The van der Waals surface area contributed by atoms with E-state index >= 15 is 0 Å². The van der Waals surface area contributed by atoms with E-state index in [1.807, 2.05) is 18.2 Å². The van der Waals surface area contributed by atoms with Gasteiger partial charge in [-0.1, -0.05) is 18.2 Å². The van der Waals surface area contributed by atoms with Crippen LogP contribution in [0.5, 0.6) is 5.75 Å². The van der Waals surface area contributed by atoms with Crippen LogP contribution in [-0.2, 0) is 23.0 Å². The number of nitrogens with one attached hydrogen (secondary N) is 1. The molecule has 0 saturated carbocycles. The minimum absolute atomic E-state index is 0.106. The lowest BCUT2D eigenvalue weighted by Gasteiger charge is -2.09. The minimum atomic E-state index is -3.67. The van der Waals surface area contributed by atoms with Crippen LogP contribution in [0.2, 0.25) is 0 Å². The number of fused-ring (bicyclic) bond motifs is 1. The summed E-state index contributed by atoms with van der Waals surface area (Å²) >= 11 is 0. The predicted molar refractivity (Wildman–Crippen MR) is 80.8 cm³/mol. The number of anilines is 1. The second-order valence-corrected chi connectivity index (χ2v) is 6.53. The maximum absolute atomic E-state index is 11.3. The Hall–Kier alpha value is -2.05. The summed E-state index contributed by atoms with van der Waals surface area (Å²) in [6.07, 6.45) is 0.935. The van der Waals surface area contributed by atoms with Crippen molar-refractivity contribution in [2.75, 3.05) is 11.9 Å². The van der Waals surface area contributed by atoms with Crippen LogP contribution in [0.4, 0.5) is 5.69 Å². The van der Waals surface area contributed by atoms with E-state index in [2.05, 4.69) is 11.4 Å². The van der Waals surface area contributed by atoms with Crippen LogP contribution in [0.15, 0.2) is 47.4 Å². The molecule has 3 N–H and O–H groups in total. The van der Waals surface area contributed by atoms with E-state index in [1.165, 1.54) is 17.7 Å². The van der Waals surface area contributed by atoms with Crippen molar-refractivity contribution in [3.63, 3.8) is 0 Å². The molecule has 0 atom stereocenters. The summed E-state index contributed by atoms with van der Waals surface area (Å²) in [6, 6.07) is 12.6. The van der Waals surface area contributed by atoms with Crippen molar-refractivity contribution in [3.8, 4) is 5.75 Å². The van der Waals surface area contributed by atoms with E-state index in [0.717, 1.165) is 30.0 Å². The second-order valence-electron chi connectivity index (χ2n) is 4.97. The molecule has 2 aromatic carbocycles. The topological polar surface area (TPSA) is 81.4 Å². The Kier molecular flexibility index (Phi) is 3.57. The molecule has 2 aromatic rings. The third-order valence-corrected chi connectivity index (χ3v) is 4.32. The molecule has 110 valence electrons. The van der Waals surface area contributed by atoms with E-state index in [4.69, 9.17) is 9.88 Å². The molecule has 5 nitrogen and oxygen atoms in total. The van der Waals surface area contributed by atoms with Gasteiger partial charge >= 0.3 is 0 Å². The summed E-state index contributed by atoms with van der Waals surface area (Å²) in [6.45, 7) is 1.35. The van der Waals surface area contributed by atoms with Gasteiger partial charge in [0.1, 0.15) is 5.75 Å². The number of rotatable bonds is 4. The van der Waals surface area contributed by atoms with E-state index < -0.39 is 10.0 Å². The van der Waals surface area contributed by atoms with E-state index in [9.17, 15) is 8.42 Å². The molecular formula is C15H16N2O3S. The first-order valence-corrected chi connectivity index (χ1v) is 8.18. The third kappa shape index (κ3) is 3.17. The van der Waals surface area contributed by atoms with Crippen LogP contribution in [-0.4, -0.2) is 15.0 Å². The number of ether oxygens (including phenoxy) is 1. The Bertz CT molecular complexity index is 772. The molecule has 0 amide bonds. The first kappa shape index (κ1) is 13.9. The quantitative estimate of drug-likeness (QED) is 0.903. The molecule has 21 heavy (non-hydrogen) atoms. The smallest absolute Gasteiger partial charge is 0.238 e. The van der Waals surface area contributed by atoms with Crippen molar-refractivity contribution in [2.24, 2.45) is 5.14 Å². The highest BCUT2D eigenvalue weighted by Crippen LogP contribution is 2.26. The Labute approximate surface area is 123 Å². The van der Waals surface area contributed by atoms with Crippen LogP contribution in [0.3, 0.4) is 0 Å². The van der Waals surface area contributed by atoms with Crippen LogP contribution >= 0.6 is 0 Å². The monoisotopic (exact) mass is 304 g/mol. The zero-order valence-electron chi connectivity index (χ0n) is 11.4. The number of benzene rings is 2. The first-order chi connectivity index (χ1) is 10.0. The predicted octanol–water partition coefficient (Wildman–Crippen LogP) is 1.88. The highest BCUT2D eigenvalue weighted by molar-refractivity contribution is 7.89. The molecule has 0 aliphatic carbocycles. The number of hydrogen-bond acceptors (Lipinski definition) is 4. The lowest BCUT2D eigenvalue weighted by atomic mass is 10.1. The molecule has 1 aliphatic heterocycles. The van der Waals surface area contributed by atoms with Crippen molar-refractivity contribution in [2.45, 2.75) is 17.9 Å². The van der Waals surface area contributed by atoms with Crippen LogP contribution in [0.25, 0.3) is 0 Å². The molecule has 0 aromatic heterocycles. The Morgan fingerprint density at radius 1 is 1.19 bits per heavy atom. The Morgan fingerprint density at radius 2 is 2.05 bits per heavy atom. The molecule has 1 heterocycles. The SMILES string of the molecule is NS(=O)(=O)c1cccc(NCc2ccc3c(c2)CCO3)c1. The molecule has 0 fully saturated rings. The second kappa shape index (κ2) is 5.38. The van der Waals surface area contributed by atoms with E-state index in [-0.39, 0.29) is 4.90 Å². The molecule has 0 radical (unpaired) electrons. The van der Waals surface area contributed by atoms with Crippen molar-refractivity contribution >= 4 is 15.7 Å². The Morgan fingerprint density at radius 3 is 2.86 bits per heavy atom. The van der Waals surface area contributed by atoms with Gasteiger partial charge in [0, 0.05) is 18.7 Å². The number of hydrogen-bond donors (Lipinski definition) is 2. The average Bonchev–Trinajstić information content (AvgIpc) is 2.92. The summed E-state index contributed by atoms with van der Waals surface area (Å²) in [7, 11) is -3.67. The molecule has 0 spiro atoms. The molecule has 1 aliphatic rings. The molecular weight excluding hydrogens is 288 g/mol. The van der Waals surface area contributed by atoms with Gasteiger partial charge in [-0.15, -0.1) is 0 Å². The molecule has 6 heteroatoms. The summed E-state index contributed by atoms with van der Waals surface area (Å²) in [4.78, 5) is 0.106.